The first-order valence-electron chi connectivity index (χ1n) is 10.2. The topological polar surface area (TPSA) is 110 Å². The molecule has 2 rings (SSSR count). The van der Waals surface area contributed by atoms with Crippen LogP contribution in [0.25, 0.3) is 0 Å². The van der Waals surface area contributed by atoms with Crippen LogP contribution in [0.3, 0.4) is 0 Å². The van der Waals surface area contributed by atoms with Crippen molar-refractivity contribution in [2.24, 2.45) is 0 Å². The van der Waals surface area contributed by atoms with E-state index in [9.17, 15) is 9.59 Å². The zero-order valence-electron chi connectivity index (χ0n) is 19.9. The molecule has 0 aromatic carbocycles. The first-order chi connectivity index (χ1) is 14.3. The van der Waals surface area contributed by atoms with E-state index in [1.807, 2.05) is 0 Å². The van der Waals surface area contributed by atoms with E-state index in [-0.39, 0.29) is 11.6 Å². The number of methoxy groups -OCH3 is 1. The Bertz CT molecular complexity index is 854. The Hall–Kier alpha value is -0.848. The number of ether oxygens (including phenoxy) is 2. The summed E-state index contributed by atoms with van der Waals surface area (Å²) in [6, 6.07) is 1.27. The van der Waals surface area contributed by atoms with E-state index in [0.717, 1.165) is 0 Å². The molecule has 1 unspecified atom stereocenters. The normalized spacial score (nSPS) is 25.7. The second-order valence-electron chi connectivity index (χ2n) is 9.21. The van der Waals surface area contributed by atoms with Crippen molar-refractivity contribution < 1.29 is 27.5 Å². The first kappa shape index (κ1) is 26.4. The van der Waals surface area contributed by atoms with Crippen LogP contribution in [0.15, 0.2) is 21.9 Å². The van der Waals surface area contributed by atoms with Crippen LogP contribution in [0, 0.1) is 0 Å². The summed E-state index contributed by atoms with van der Waals surface area (Å²) in [4.78, 5) is 26.2. The second-order valence-corrected chi connectivity index (χ2v) is 16.8. The molecule has 10 nitrogen and oxygen atoms in total. The molecule has 31 heavy (non-hydrogen) atoms. The van der Waals surface area contributed by atoms with Gasteiger partial charge in [-0.25, -0.2) is 0 Å². The van der Waals surface area contributed by atoms with Crippen molar-refractivity contribution in [3.05, 3.63) is 33.1 Å². The fourth-order valence-electron chi connectivity index (χ4n) is 3.04. The zero-order valence-corrected chi connectivity index (χ0v) is 21.9. The van der Waals surface area contributed by atoms with E-state index in [1.165, 1.54) is 31.0 Å². The molecule has 0 bridgehead atoms. The van der Waals surface area contributed by atoms with Crippen molar-refractivity contribution in [1.82, 2.24) is 9.55 Å². The SMILES string of the molecule is B[PH](OC)(OC)OC[C@H]1O[C@@H](n2ccc(=O)[nH]c2=O)[C@@H](OC)C1O[Si](C)(C)C(C)(C)C. The van der Waals surface area contributed by atoms with E-state index >= 15 is 0 Å². The maximum atomic E-state index is 12.4. The summed E-state index contributed by atoms with van der Waals surface area (Å²) >= 11 is 0. The predicted octanol–water partition coefficient (Wildman–Crippen LogP) is 1.19. The molecule has 0 amide bonds. The van der Waals surface area contributed by atoms with Gasteiger partial charge in [0.1, 0.15) is 0 Å². The molecule has 1 aromatic rings. The third-order valence-corrected chi connectivity index (χ3v) is 12.8. The molecule has 1 saturated heterocycles. The molecule has 1 fully saturated rings. The summed E-state index contributed by atoms with van der Waals surface area (Å²) in [6.07, 6.45) is -1.03. The van der Waals surface area contributed by atoms with Crippen LogP contribution in [0.5, 0.6) is 0 Å². The Kier molecular flexibility index (Phi) is 8.49. The number of hydrogen-bond donors (Lipinski definition) is 1. The Morgan fingerprint density at radius 3 is 2.29 bits per heavy atom. The van der Waals surface area contributed by atoms with Crippen LogP contribution in [-0.2, 0) is 27.5 Å². The molecular formula is C18H36BN2O8PSi. The summed E-state index contributed by atoms with van der Waals surface area (Å²) in [6.45, 7) is 10.9. The minimum absolute atomic E-state index is 0.0497. The maximum absolute atomic E-state index is 12.4. The van der Waals surface area contributed by atoms with E-state index in [0.29, 0.717) is 0 Å². The number of nitrogens with one attached hydrogen (secondary N) is 1. The number of H-pyrrole nitrogens is 1. The van der Waals surface area contributed by atoms with Crippen LogP contribution < -0.4 is 11.2 Å². The molecule has 1 aliphatic rings. The first-order valence-corrected chi connectivity index (χ1v) is 15.3. The average Bonchev–Trinajstić information content (AvgIpc) is 3.01. The molecule has 0 spiro atoms. The van der Waals surface area contributed by atoms with Crippen molar-refractivity contribution in [2.75, 3.05) is 27.9 Å². The Morgan fingerprint density at radius 1 is 1.19 bits per heavy atom. The quantitative estimate of drug-likeness (QED) is 0.417. The molecule has 0 saturated carbocycles. The van der Waals surface area contributed by atoms with Crippen LogP contribution in [-0.4, -0.2) is 71.7 Å². The van der Waals surface area contributed by atoms with Crippen molar-refractivity contribution in [2.45, 2.75) is 63.4 Å². The van der Waals surface area contributed by atoms with Gasteiger partial charge in [-0.1, -0.05) is 0 Å². The van der Waals surface area contributed by atoms with E-state index in [2.05, 4.69) is 38.8 Å². The summed E-state index contributed by atoms with van der Waals surface area (Å²) in [5.41, 5.74) is -1.07. The summed E-state index contributed by atoms with van der Waals surface area (Å²) in [5, 5.41) is -0.0497. The zero-order chi connectivity index (χ0) is 23.6. The van der Waals surface area contributed by atoms with Gasteiger partial charge in [-0.2, -0.15) is 0 Å². The predicted molar refractivity (Wildman–Crippen MR) is 125 cm³/mol. The van der Waals surface area contributed by atoms with Gasteiger partial charge in [-0.05, 0) is 0 Å². The fourth-order valence-corrected chi connectivity index (χ4v) is 5.23. The van der Waals surface area contributed by atoms with Gasteiger partial charge in [0, 0.05) is 0 Å². The monoisotopic (exact) mass is 478 g/mol. The Balaban J connectivity index is 2.41. The second kappa shape index (κ2) is 9.96. The number of aromatic nitrogens is 2. The van der Waals surface area contributed by atoms with Gasteiger partial charge in [-0.15, -0.1) is 0 Å². The molecule has 1 aromatic heterocycles. The van der Waals surface area contributed by atoms with Crippen LogP contribution >= 0.6 is 7.82 Å². The molecule has 13 heteroatoms. The molecule has 1 aliphatic heterocycles. The van der Waals surface area contributed by atoms with Gasteiger partial charge in [0.25, 0.3) is 0 Å². The average molecular weight is 478 g/mol. The third-order valence-electron chi connectivity index (χ3n) is 6.17. The number of rotatable bonds is 9. The van der Waals surface area contributed by atoms with Gasteiger partial charge in [0.15, 0.2) is 0 Å². The number of aromatic amines is 1. The van der Waals surface area contributed by atoms with Gasteiger partial charge in [0.2, 0.25) is 0 Å². The number of hydrogen-bond acceptors (Lipinski definition) is 8. The Morgan fingerprint density at radius 2 is 1.81 bits per heavy atom. The van der Waals surface area contributed by atoms with Crippen LogP contribution in [0.1, 0.15) is 27.0 Å². The summed E-state index contributed by atoms with van der Waals surface area (Å²) in [5.74, 6) is 0. The molecule has 178 valence electrons. The van der Waals surface area contributed by atoms with Crippen LogP contribution in [0.2, 0.25) is 18.1 Å². The molecule has 2 heterocycles. The van der Waals surface area contributed by atoms with E-state index in [4.69, 9.17) is 27.5 Å². The van der Waals surface area contributed by atoms with Gasteiger partial charge >= 0.3 is 185 Å². The van der Waals surface area contributed by atoms with Crippen molar-refractivity contribution >= 4 is 23.7 Å². The van der Waals surface area contributed by atoms with Crippen molar-refractivity contribution in [3.8, 4) is 0 Å². The standard InChI is InChI=1S/C18H36BN2O8PSi/c1-18(2,3)31(7,8)29-14-12(11-27-30(19,25-5)26-6)28-16(15(14)24-4)21-10-9-13(22)20-17(21)23/h9-10,12,14-16,30H,11,19H2,1-8H3,(H,20,22,23)/t12-,14?,15+,16-/m1/s1. The van der Waals surface area contributed by atoms with Crippen molar-refractivity contribution in [1.29, 1.82) is 0 Å². The summed E-state index contributed by atoms with van der Waals surface area (Å²) in [7, 11) is 1.35. The Labute approximate surface area is 185 Å². The van der Waals surface area contributed by atoms with Gasteiger partial charge in [-0.3, -0.25) is 0 Å². The third kappa shape index (κ3) is 5.94. The molecule has 0 radical (unpaired) electrons. The van der Waals surface area contributed by atoms with Gasteiger partial charge in [0.05, 0.1) is 0 Å². The van der Waals surface area contributed by atoms with Crippen LogP contribution in [0.4, 0.5) is 0 Å². The van der Waals surface area contributed by atoms with Gasteiger partial charge < -0.3 is 0 Å². The van der Waals surface area contributed by atoms with E-state index in [1.54, 1.807) is 14.7 Å². The summed E-state index contributed by atoms with van der Waals surface area (Å²) < 4.78 is 36.8. The van der Waals surface area contributed by atoms with Crippen molar-refractivity contribution in [3.63, 3.8) is 0 Å². The molecule has 0 aliphatic carbocycles. The minimum atomic E-state index is -2.82. The number of nitrogens with zero attached hydrogens (tertiary/aromatic N) is 1. The fraction of sp³-hybridized carbons (Fsp3) is 0.778. The molecule has 4 atom stereocenters. The molecular weight excluding hydrogens is 442 g/mol. The van der Waals surface area contributed by atoms with E-state index < -0.39 is 51.9 Å². The molecule has 1 N–H and O–H groups in total.